The lowest BCUT2D eigenvalue weighted by atomic mass is 10.1. The van der Waals surface area contributed by atoms with Gasteiger partial charge in [-0.25, -0.2) is 15.0 Å². The Morgan fingerprint density at radius 3 is 2.75 bits per heavy atom. The first-order chi connectivity index (χ1) is 9.52. The van der Waals surface area contributed by atoms with Crippen LogP contribution in [0.2, 0.25) is 5.15 Å². The molecule has 4 atom stereocenters. The number of imidazole rings is 1. The number of halogens is 2. The molecule has 1 saturated heterocycles. The maximum absolute atomic E-state index is 10.0. The molecule has 0 radical (unpaired) electrons. The molecular formula is C10H10ClIN4O4. The fourth-order valence-electron chi connectivity index (χ4n) is 2.15. The molecule has 1 aliphatic rings. The molecule has 1 unspecified atom stereocenters. The highest BCUT2D eigenvalue weighted by molar-refractivity contribution is 14.1. The summed E-state index contributed by atoms with van der Waals surface area (Å²) in [6.45, 7) is -0.394. The first kappa shape index (κ1) is 14.4. The highest BCUT2D eigenvalue weighted by Crippen LogP contribution is 2.32. The van der Waals surface area contributed by atoms with Crippen molar-refractivity contribution < 1.29 is 20.1 Å². The summed E-state index contributed by atoms with van der Waals surface area (Å²) in [4.78, 5) is 12.3. The quantitative estimate of drug-likeness (QED) is 0.352. The Hall–Kier alpha value is -0.590. The van der Waals surface area contributed by atoms with Gasteiger partial charge in [-0.2, -0.15) is 0 Å². The largest absolute Gasteiger partial charge is 0.394 e. The first-order valence-electron chi connectivity index (χ1n) is 5.71. The van der Waals surface area contributed by atoms with Crippen LogP contribution >= 0.6 is 34.2 Å². The third kappa shape index (κ3) is 2.18. The number of ether oxygens (including phenoxy) is 1. The van der Waals surface area contributed by atoms with Crippen LogP contribution in [0, 0.1) is 3.83 Å². The summed E-state index contributed by atoms with van der Waals surface area (Å²) in [5.74, 6) is 0. The van der Waals surface area contributed by atoms with E-state index in [-0.39, 0.29) is 5.15 Å². The summed E-state index contributed by atoms with van der Waals surface area (Å²) in [6.07, 6.45) is -2.73. The molecule has 1 aliphatic heterocycles. The molecule has 3 heterocycles. The van der Waals surface area contributed by atoms with Gasteiger partial charge < -0.3 is 20.1 Å². The van der Waals surface area contributed by atoms with Crippen molar-refractivity contribution in [3.05, 3.63) is 15.3 Å². The zero-order chi connectivity index (χ0) is 14.4. The number of aliphatic hydroxyl groups excluding tert-OH is 3. The highest BCUT2D eigenvalue weighted by Gasteiger charge is 2.44. The van der Waals surface area contributed by atoms with Crippen molar-refractivity contribution in [2.24, 2.45) is 0 Å². The van der Waals surface area contributed by atoms with Crippen molar-refractivity contribution in [2.45, 2.75) is 24.5 Å². The maximum atomic E-state index is 10.0. The summed E-state index contributed by atoms with van der Waals surface area (Å²) >= 11 is 7.89. The number of nitrogens with zero attached hydrogens (tertiary/aromatic N) is 4. The van der Waals surface area contributed by atoms with E-state index in [0.29, 0.717) is 15.0 Å². The van der Waals surface area contributed by atoms with Crippen LogP contribution < -0.4 is 0 Å². The van der Waals surface area contributed by atoms with Gasteiger partial charge in [0.1, 0.15) is 23.8 Å². The molecular weight excluding hydrogens is 402 g/mol. The number of hydrogen-bond acceptors (Lipinski definition) is 7. The number of aliphatic hydroxyl groups is 3. The van der Waals surface area contributed by atoms with E-state index >= 15 is 0 Å². The minimum absolute atomic E-state index is 0.199. The standard InChI is InChI=1S/C10H10ClIN4O4/c11-7-4-8(15-10(12)14-7)16(2-13-4)9-6(19)5(18)3(1-17)20-9/h2-3,5-6,9,17-19H,1H2/t3-,5-,6-,9?/m1/s1. The molecule has 2 aromatic rings. The Kier molecular flexibility index (Phi) is 3.81. The number of rotatable bonds is 2. The Morgan fingerprint density at radius 1 is 1.35 bits per heavy atom. The summed E-state index contributed by atoms with van der Waals surface area (Å²) in [5, 5.41) is 29.1. The minimum Gasteiger partial charge on any atom is -0.394 e. The lowest BCUT2D eigenvalue weighted by molar-refractivity contribution is -0.0511. The van der Waals surface area contributed by atoms with Gasteiger partial charge in [0, 0.05) is 22.6 Å². The van der Waals surface area contributed by atoms with Gasteiger partial charge in [-0.05, 0) is 0 Å². The fraction of sp³-hybridized carbons (Fsp3) is 0.500. The second-order valence-electron chi connectivity index (χ2n) is 4.34. The number of aromatic nitrogens is 4. The van der Waals surface area contributed by atoms with E-state index < -0.39 is 31.1 Å². The molecule has 0 aliphatic carbocycles. The van der Waals surface area contributed by atoms with E-state index in [9.17, 15) is 10.2 Å². The van der Waals surface area contributed by atoms with Crippen molar-refractivity contribution in [3.63, 3.8) is 0 Å². The van der Waals surface area contributed by atoms with Crippen molar-refractivity contribution >= 4 is 45.4 Å². The van der Waals surface area contributed by atoms with Gasteiger partial charge in [-0.1, -0.05) is 11.6 Å². The molecule has 8 nitrogen and oxygen atoms in total. The summed E-state index contributed by atoms with van der Waals surface area (Å²) in [7, 11) is 0. The van der Waals surface area contributed by atoms with Gasteiger partial charge >= 0.3 is 0 Å². The molecule has 3 N–H and O–H groups in total. The predicted molar refractivity (Wildman–Crippen MR) is 76.1 cm³/mol. The van der Waals surface area contributed by atoms with Crippen molar-refractivity contribution in [2.75, 3.05) is 6.61 Å². The van der Waals surface area contributed by atoms with Gasteiger partial charge in [0.05, 0.1) is 12.9 Å². The van der Waals surface area contributed by atoms with Crippen LogP contribution in [0.5, 0.6) is 0 Å². The lowest BCUT2D eigenvalue weighted by Gasteiger charge is -2.16. The third-order valence-corrected chi connectivity index (χ3v) is 3.89. The Bertz CT molecular complexity index is 653. The van der Waals surface area contributed by atoms with Crippen molar-refractivity contribution in [3.8, 4) is 0 Å². The summed E-state index contributed by atoms with van der Waals surface area (Å²) in [6, 6.07) is 0. The van der Waals surface area contributed by atoms with E-state index in [2.05, 4.69) is 15.0 Å². The monoisotopic (exact) mass is 412 g/mol. The van der Waals surface area contributed by atoms with Gasteiger partial charge in [0.15, 0.2) is 20.9 Å². The molecule has 3 rings (SSSR count). The van der Waals surface area contributed by atoms with Gasteiger partial charge in [-0.15, -0.1) is 0 Å². The second kappa shape index (κ2) is 5.31. The van der Waals surface area contributed by atoms with Crippen LogP contribution in [0.4, 0.5) is 0 Å². The SMILES string of the molecule is OC[C@H]1OC(n2cnc3c(Cl)nc(I)nc32)[C@H](O)[C@@H]1O. The molecule has 10 heteroatoms. The van der Waals surface area contributed by atoms with Crippen LogP contribution in [0.3, 0.4) is 0 Å². The van der Waals surface area contributed by atoms with Crippen LogP contribution in [-0.2, 0) is 4.74 Å². The fourth-order valence-corrected chi connectivity index (χ4v) is 2.98. The van der Waals surface area contributed by atoms with Crippen molar-refractivity contribution in [1.82, 2.24) is 19.5 Å². The molecule has 0 bridgehead atoms. The summed E-state index contributed by atoms with van der Waals surface area (Å²) in [5.41, 5.74) is 0.772. The molecule has 2 aromatic heterocycles. The third-order valence-electron chi connectivity index (χ3n) is 3.14. The average molecular weight is 413 g/mol. The van der Waals surface area contributed by atoms with E-state index in [4.69, 9.17) is 21.4 Å². The molecule has 0 aromatic carbocycles. The number of fused-ring (bicyclic) bond motifs is 1. The lowest BCUT2D eigenvalue weighted by Crippen LogP contribution is -2.33. The smallest absolute Gasteiger partial charge is 0.194 e. The van der Waals surface area contributed by atoms with Gasteiger partial charge in [0.2, 0.25) is 0 Å². The molecule has 0 amide bonds. The molecule has 0 saturated carbocycles. The zero-order valence-electron chi connectivity index (χ0n) is 9.89. The van der Waals surface area contributed by atoms with Crippen LogP contribution in [0.1, 0.15) is 6.23 Å². The Balaban J connectivity index is 2.07. The Morgan fingerprint density at radius 2 is 2.10 bits per heavy atom. The Labute approximate surface area is 131 Å². The van der Waals surface area contributed by atoms with Crippen LogP contribution in [0.25, 0.3) is 11.2 Å². The highest BCUT2D eigenvalue weighted by atomic mass is 127. The normalized spacial score (nSPS) is 30.2. The van der Waals surface area contributed by atoms with E-state index in [1.54, 1.807) is 0 Å². The van der Waals surface area contributed by atoms with E-state index in [1.165, 1.54) is 10.9 Å². The second-order valence-corrected chi connectivity index (χ2v) is 5.66. The van der Waals surface area contributed by atoms with E-state index in [1.807, 2.05) is 22.6 Å². The van der Waals surface area contributed by atoms with Gasteiger partial charge in [0.25, 0.3) is 0 Å². The number of hydrogen-bond donors (Lipinski definition) is 3. The topological polar surface area (TPSA) is 114 Å². The zero-order valence-corrected chi connectivity index (χ0v) is 12.8. The predicted octanol–water partition coefficient (Wildman–Crippen LogP) is -0.304. The first-order valence-corrected chi connectivity index (χ1v) is 7.16. The van der Waals surface area contributed by atoms with Gasteiger partial charge in [-0.3, -0.25) is 4.57 Å². The van der Waals surface area contributed by atoms with Crippen LogP contribution in [0.15, 0.2) is 6.33 Å². The van der Waals surface area contributed by atoms with E-state index in [0.717, 1.165) is 0 Å². The molecule has 0 spiro atoms. The average Bonchev–Trinajstić information content (AvgIpc) is 2.93. The van der Waals surface area contributed by atoms with Crippen LogP contribution in [-0.4, -0.2) is 59.8 Å². The molecule has 20 heavy (non-hydrogen) atoms. The van der Waals surface area contributed by atoms with Crippen molar-refractivity contribution in [1.29, 1.82) is 0 Å². The molecule has 1 fully saturated rings. The minimum atomic E-state index is -1.20. The summed E-state index contributed by atoms with van der Waals surface area (Å²) < 4.78 is 7.33. The molecule has 108 valence electrons. The maximum Gasteiger partial charge on any atom is 0.194 e.